The molecular formula is C13H13F2N3O. The molecule has 1 N–H and O–H groups in total. The molecule has 1 unspecified atom stereocenters. The molecule has 1 aliphatic rings. The number of halogens is 2. The SMILES string of the molecule is Fc1ccc(Cc2nc(C3CCCN3)no2)cc1F. The van der Waals surface area contributed by atoms with Gasteiger partial charge in [0.25, 0.3) is 0 Å². The van der Waals surface area contributed by atoms with Crippen molar-refractivity contribution in [3.63, 3.8) is 0 Å². The molecule has 0 spiro atoms. The maximum Gasteiger partial charge on any atom is 0.231 e. The van der Waals surface area contributed by atoms with E-state index in [1.165, 1.54) is 6.07 Å². The number of aromatic nitrogens is 2. The van der Waals surface area contributed by atoms with Gasteiger partial charge in [-0.1, -0.05) is 11.2 Å². The lowest BCUT2D eigenvalue weighted by Crippen LogP contribution is -2.14. The van der Waals surface area contributed by atoms with Crippen molar-refractivity contribution in [1.82, 2.24) is 15.5 Å². The summed E-state index contributed by atoms with van der Waals surface area (Å²) < 4.78 is 31.0. The highest BCUT2D eigenvalue weighted by atomic mass is 19.2. The topological polar surface area (TPSA) is 51.0 Å². The summed E-state index contributed by atoms with van der Waals surface area (Å²) in [4.78, 5) is 4.28. The first-order chi connectivity index (χ1) is 9.22. The monoisotopic (exact) mass is 265 g/mol. The minimum Gasteiger partial charge on any atom is -0.339 e. The number of hydrogen-bond donors (Lipinski definition) is 1. The van der Waals surface area contributed by atoms with Crippen LogP contribution in [0.3, 0.4) is 0 Å². The van der Waals surface area contributed by atoms with Gasteiger partial charge in [0.1, 0.15) is 0 Å². The second-order valence-electron chi connectivity index (χ2n) is 4.62. The van der Waals surface area contributed by atoms with Gasteiger partial charge in [-0.25, -0.2) is 8.78 Å². The van der Waals surface area contributed by atoms with E-state index >= 15 is 0 Å². The minimum atomic E-state index is -0.866. The molecule has 0 aliphatic carbocycles. The minimum absolute atomic E-state index is 0.141. The summed E-state index contributed by atoms with van der Waals surface area (Å²) in [7, 11) is 0. The van der Waals surface area contributed by atoms with Crippen LogP contribution in [0.1, 0.15) is 36.2 Å². The van der Waals surface area contributed by atoms with Crippen molar-refractivity contribution >= 4 is 0 Å². The highest BCUT2D eigenvalue weighted by molar-refractivity contribution is 5.20. The van der Waals surface area contributed by atoms with Crippen molar-refractivity contribution in [2.45, 2.75) is 25.3 Å². The summed E-state index contributed by atoms with van der Waals surface area (Å²) in [5, 5.41) is 7.19. The van der Waals surface area contributed by atoms with Crippen molar-refractivity contribution in [1.29, 1.82) is 0 Å². The summed E-state index contributed by atoms with van der Waals surface area (Å²) in [5.74, 6) is -0.676. The molecule has 1 aromatic heterocycles. The Morgan fingerprint density at radius 2 is 2.21 bits per heavy atom. The summed E-state index contributed by atoms with van der Waals surface area (Å²) in [6.45, 7) is 0.956. The molecule has 2 heterocycles. The molecule has 0 bridgehead atoms. The molecule has 0 saturated carbocycles. The van der Waals surface area contributed by atoms with E-state index in [0.717, 1.165) is 31.5 Å². The second-order valence-corrected chi connectivity index (χ2v) is 4.62. The van der Waals surface area contributed by atoms with Crippen LogP contribution in [0.4, 0.5) is 8.78 Å². The van der Waals surface area contributed by atoms with E-state index < -0.39 is 11.6 Å². The van der Waals surface area contributed by atoms with Gasteiger partial charge in [-0.15, -0.1) is 0 Å². The van der Waals surface area contributed by atoms with Gasteiger partial charge in [-0.3, -0.25) is 0 Å². The molecule has 4 nitrogen and oxygen atoms in total. The standard InChI is InChI=1S/C13H13F2N3O/c14-9-4-3-8(6-10(9)15)7-12-17-13(18-19-12)11-2-1-5-16-11/h3-4,6,11,16H,1-2,5,7H2. The molecule has 0 radical (unpaired) electrons. The van der Waals surface area contributed by atoms with Crippen molar-refractivity contribution in [3.8, 4) is 0 Å². The zero-order valence-corrected chi connectivity index (χ0v) is 10.2. The van der Waals surface area contributed by atoms with E-state index in [1.54, 1.807) is 0 Å². The third-order valence-electron chi connectivity index (χ3n) is 3.20. The van der Waals surface area contributed by atoms with Gasteiger partial charge in [0.05, 0.1) is 12.5 Å². The van der Waals surface area contributed by atoms with Crippen molar-refractivity contribution in [3.05, 3.63) is 47.1 Å². The first-order valence-corrected chi connectivity index (χ1v) is 6.22. The Morgan fingerprint density at radius 3 is 2.95 bits per heavy atom. The fourth-order valence-corrected chi connectivity index (χ4v) is 2.21. The Hall–Kier alpha value is -1.82. The quantitative estimate of drug-likeness (QED) is 0.925. The zero-order valence-electron chi connectivity index (χ0n) is 10.2. The van der Waals surface area contributed by atoms with Gasteiger partial charge in [0.2, 0.25) is 5.89 Å². The predicted octanol–water partition coefficient (Wildman–Crippen LogP) is 2.36. The number of nitrogens with one attached hydrogen (secondary N) is 1. The molecule has 1 aromatic carbocycles. The highest BCUT2D eigenvalue weighted by Gasteiger charge is 2.21. The first kappa shape index (κ1) is 12.2. The number of benzene rings is 1. The smallest absolute Gasteiger partial charge is 0.231 e. The van der Waals surface area contributed by atoms with Crippen molar-refractivity contribution in [2.75, 3.05) is 6.54 Å². The lowest BCUT2D eigenvalue weighted by atomic mass is 10.1. The number of nitrogens with zero attached hydrogens (tertiary/aromatic N) is 2. The van der Waals surface area contributed by atoms with E-state index in [0.29, 0.717) is 23.7 Å². The van der Waals surface area contributed by atoms with Gasteiger partial charge >= 0.3 is 0 Å². The lowest BCUT2D eigenvalue weighted by Gasteiger charge is -2.01. The molecule has 1 atom stereocenters. The summed E-state index contributed by atoms with van der Waals surface area (Å²) >= 11 is 0. The van der Waals surface area contributed by atoms with Crippen LogP contribution in [0.5, 0.6) is 0 Å². The van der Waals surface area contributed by atoms with Crippen molar-refractivity contribution < 1.29 is 13.3 Å². The molecule has 0 amide bonds. The van der Waals surface area contributed by atoms with Crippen LogP contribution < -0.4 is 5.32 Å². The van der Waals surface area contributed by atoms with Gasteiger partial charge in [-0.2, -0.15) is 4.98 Å². The normalized spacial score (nSPS) is 18.9. The van der Waals surface area contributed by atoms with E-state index in [2.05, 4.69) is 15.5 Å². The first-order valence-electron chi connectivity index (χ1n) is 6.22. The summed E-state index contributed by atoms with van der Waals surface area (Å²) in [5.41, 5.74) is 0.605. The average Bonchev–Trinajstić information content (AvgIpc) is 3.04. The van der Waals surface area contributed by atoms with E-state index in [9.17, 15) is 8.78 Å². The Balaban J connectivity index is 1.74. The molecule has 1 saturated heterocycles. The molecular weight excluding hydrogens is 252 g/mol. The van der Waals surface area contributed by atoms with Crippen LogP contribution in [-0.4, -0.2) is 16.7 Å². The molecule has 19 heavy (non-hydrogen) atoms. The molecule has 100 valence electrons. The molecule has 3 rings (SSSR count). The molecule has 1 fully saturated rings. The van der Waals surface area contributed by atoms with Crippen LogP contribution in [0, 0.1) is 11.6 Å². The van der Waals surface area contributed by atoms with Crippen LogP contribution in [0.25, 0.3) is 0 Å². The second kappa shape index (κ2) is 5.05. The van der Waals surface area contributed by atoms with Crippen LogP contribution in [0.2, 0.25) is 0 Å². The average molecular weight is 265 g/mol. The van der Waals surface area contributed by atoms with Gasteiger partial charge < -0.3 is 9.84 Å². The fourth-order valence-electron chi connectivity index (χ4n) is 2.21. The van der Waals surface area contributed by atoms with Gasteiger partial charge in [0.15, 0.2) is 17.5 Å². The van der Waals surface area contributed by atoms with Gasteiger partial charge in [0, 0.05) is 0 Å². The Morgan fingerprint density at radius 1 is 1.32 bits per heavy atom. The lowest BCUT2D eigenvalue weighted by molar-refractivity contribution is 0.373. The number of rotatable bonds is 3. The van der Waals surface area contributed by atoms with Crippen LogP contribution in [-0.2, 0) is 6.42 Å². The molecule has 6 heteroatoms. The third-order valence-corrected chi connectivity index (χ3v) is 3.20. The van der Waals surface area contributed by atoms with Crippen molar-refractivity contribution in [2.24, 2.45) is 0 Å². The Labute approximate surface area is 108 Å². The summed E-state index contributed by atoms with van der Waals surface area (Å²) in [6.07, 6.45) is 2.39. The number of hydrogen-bond acceptors (Lipinski definition) is 4. The van der Waals surface area contributed by atoms with Crippen LogP contribution in [0.15, 0.2) is 22.7 Å². The van der Waals surface area contributed by atoms with E-state index in [-0.39, 0.29) is 6.04 Å². The van der Waals surface area contributed by atoms with Crippen LogP contribution >= 0.6 is 0 Å². The Kier molecular flexibility index (Phi) is 3.25. The largest absolute Gasteiger partial charge is 0.339 e. The maximum atomic E-state index is 13.1. The third kappa shape index (κ3) is 2.63. The Bertz CT molecular complexity index is 579. The van der Waals surface area contributed by atoms with E-state index in [1.807, 2.05) is 0 Å². The van der Waals surface area contributed by atoms with Gasteiger partial charge in [-0.05, 0) is 37.1 Å². The fraction of sp³-hybridized carbons (Fsp3) is 0.385. The summed E-state index contributed by atoms with van der Waals surface area (Å²) in [6, 6.07) is 3.89. The highest BCUT2D eigenvalue weighted by Crippen LogP contribution is 2.21. The molecule has 2 aromatic rings. The van der Waals surface area contributed by atoms with E-state index in [4.69, 9.17) is 4.52 Å². The zero-order chi connectivity index (χ0) is 13.2. The predicted molar refractivity (Wildman–Crippen MR) is 63.4 cm³/mol. The molecule has 1 aliphatic heterocycles. The maximum absolute atomic E-state index is 13.1.